The number of aromatic nitrogens is 2. The van der Waals surface area contributed by atoms with Crippen LogP contribution >= 0.6 is 23.8 Å². The van der Waals surface area contributed by atoms with Crippen molar-refractivity contribution in [1.82, 2.24) is 15.3 Å². The average molecular weight is 513 g/mol. The fourth-order valence-corrected chi connectivity index (χ4v) is 6.33. The van der Waals surface area contributed by atoms with E-state index in [-0.39, 0.29) is 5.41 Å². The van der Waals surface area contributed by atoms with Gasteiger partial charge in [-0.2, -0.15) is 9.97 Å². The molecule has 3 heterocycles. The van der Waals surface area contributed by atoms with Gasteiger partial charge < -0.3 is 20.4 Å². The van der Waals surface area contributed by atoms with Crippen LogP contribution in [-0.2, 0) is 5.41 Å². The second kappa shape index (κ2) is 10.9. The first-order valence-electron chi connectivity index (χ1n) is 13.2. The van der Waals surface area contributed by atoms with Gasteiger partial charge in [-0.3, -0.25) is 0 Å². The molecule has 1 aromatic carbocycles. The van der Waals surface area contributed by atoms with Crippen molar-refractivity contribution in [1.29, 1.82) is 0 Å². The standard InChI is InChI=1S/C27H37ClN6S/c1-20-8-7-15-34(18-20)24-17-23(33-13-4-5-14-33)30-25(31-24)32-26(35)29-19-27(11-2-3-12-27)21-9-6-10-22(28)16-21/h6,9-10,16-17,20H,2-5,7-8,11-15,18-19H2,1H3,(H2,29,30,31,32,35)/t20-/m0/s1. The second-order valence-electron chi connectivity index (χ2n) is 10.6. The number of hydrogen-bond acceptors (Lipinski definition) is 5. The summed E-state index contributed by atoms with van der Waals surface area (Å²) in [6, 6.07) is 10.5. The zero-order chi connectivity index (χ0) is 24.3. The van der Waals surface area contributed by atoms with Gasteiger partial charge in [-0.15, -0.1) is 0 Å². The number of nitrogens with zero attached hydrogens (tertiary/aromatic N) is 4. The minimum absolute atomic E-state index is 0.0595. The third-order valence-electron chi connectivity index (χ3n) is 7.92. The predicted molar refractivity (Wildman–Crippen MR) is 150 cm³/mol. The molecule has 2 saturated heterocycles. The van der Waals surface area contributed by atoms with Crippen LogP contribution in [-0.4, -0.2) is 47.8 Å². The molecule has 1 saturated carbocycles. The number of benzene rings is 1. The van der Waals surface area contributed by atoms with E-state index in [0.717, 1.165) is 62.2 Å². The molecule has 2 aliphatic heterocycles. The Morgan fingerprint density at radius 3 is 2.46 bits per heavy atom. The lowest BCUT2D eigenvalue weighted by atomic mass is 9.79. The summed E-state index contributed by atoms with van der Waals surface area (Å²) in [6.45, 7) is 7.30. The molecule has 1 atom stereocenters. The van der Waals surface area contributed by atoms with E-state index in [1.807, 2.05) is 6.07 Å². The minimum atomic E-state index is 0.0595. The van der Waals surface area contributed by atoms with Crippen LogP contribution in [0.25, 0.3) is 0 Å². The summed E-state index contributed by atoms with van der Waals surface area (Å²) in [5.41, 5.74) is 1.36. The minimum Gasteiger partial charge on any atom is -0.361 e. The van der Waals surface area contributed by atoms with E-state index in [0.29, 0.717) is 17.0 Å². The molecule has 188 valence electrons. The summed E-state index contributed by atoms with van der Waals surface area (Å²) < 4.78 is 0. The number of halogens is 1. The van der Waals surface area contributed by atoms with Gasteiger partial charge in [0.1, 0.15) is 11.6 Å². The number of nitrogens with one attached hydrogen (secondary N) is 2. The summed E-state index contributed by atoms with van der Waals surface area (Å²) in [4.78, 5) is 14.5. The summed E-state index contributed by atoms with van der Waals surface area (Å²) >= 11 is 12.1. The van der Waals surface area contributed by atoms with E-state index in [1.165, 1.54) is 44.1 Å². The molecule has 2 aromatic rings. The molecule has 6 nitrogen and oxygen atoms in total. The lowest BCUT2D eigenvalue weighted by Crippen LogP contribution is -2.41. The molecule has 0 amide bonds. The quantitative estimate of drug-likeness (QED) is 0.477. The molecule has 1 aliphatic carbocycles. The number of anilines is 3. The Balaban J connectivity index is 1.31. The van der Waals surface area contributed by atoms with Gasteiger partial charge >= 0.3 is 0 Å². The zero-order valence-corrected chi connectivity index (χ0v) is 22.3. The molecule has 0 bridgehead atoms. The monoisotopic (exact) mass is 512 g/mol. The number of thiocarbonyl (C=S) groups is 1. The lowest BCUT2D eigenvalue weighted by Gasteiger charge is -2.33. The van der Waals surface area contributed by atoms with E-state index in [2.05, 4.69) is 51.6 Å². The highest BCUT2D eigenvalue weighted by Gasteiger charge is 2.36. The van der Waals surface area contributed by atoms with Crippen LogP contribution in [0.15, 0.2) is 30.3 Å². The van der Waals surface area contributed by atoms with Crippen LogP contribution in [0.2, 0.25) is 5.02 Å². The molecule has 3 aliphatic rings. The summed E-state index contributed by atoms with van der Waals surface area (Å²) in [7, 11) is 0. The van der Waals surface area contributed by atoms with E-state index in [1.54, 1.807) is 0 Å². The Morgan fingerprint density at radius 1 is 1.03 bits per heavy atom. The smallest absolute Gasteiger partial charge is 0.232 e. The molecule has 0 radical (unpaired) electrons. The molecular formula is C27H37ClN6S. The van der Waals surface area contributed by atoms with Gasteiger partial charge in [-0.05, 0) is 74.4 Å². The van der Waals surface area contributed by atoms with Gasteiger partial charge in [0.05, 0.1) is 0 Å². The Labute approximate surface area is 219 Å². The Morgan fingerprint density at radius 2 is 1.74 bits per heavy atom. The molecular weight excluding hydrogens is 476 g/mol. The van der Waals surface area contributed by atoms with Crippen LogP contribution in [0.1, 0.15) is 63.9 Å². The highest BCUT2D eigenvalue weighted by atomic mass is 35.5. The van der Waals surface area contributed by atoms with E-state index in [4.69, 9.17) is 33.8 Å². The first-order chi connectivity index (χ1) is 17.0. The topological polar surface area (TPSA) is 56.3 Å². The maximum Gasteiger partial charge on any atom is 0.232 e. The fraction of sp³-hybridized carbons (Fsp3) is 0.593. The third-order valence-corrected chi connectivity index (χ3v) is 8.40. The van der Waals surface area contributed by atoms with Crippen molar-refractivity contribution >= 4 is 46.5 Å². The summed E-state index contributed by atoms with van der Waals surface area (Å²) in [6.07, 6.45) is 9.66. The SMILES string of the molecule is C[C@H]1CCCN(c2cc(N3CCCC3)nc(NC(=S)NCC3(c4cccc(Cl)c4)CCCC3)n2)C1. The van der Waals surface area contributed by atoms with Crippen molar-refractivity contribution in [3.63, 3.8) is 0 Å². The Bertz CT molecular complexity index is 1030. The van der Waals surface area contributed by atoms with Crippen molar-refractivity contribution in [2.75, 3.05) is 47.8 Å². The van der Waals surface area contributed by atoms with Crippen LogP contribution in [0, 0.1) is 5.92 Å². The molecule has 5 rings (SSSR count). The highest BCUT2D eigenvalue weighted by molar-refractivity contribution is 7.80. The van der Waals surface area contributed by atoms with Crippen LogP contribution in [0.3, 0.4) is 0 Å². The maximum atomic E-state index is 6.33. The first kappa shape index (κ1) is 24.6. The number of rotatable bonds is 6. The van der Waals surface area contributed by atoms with Gasteiger partial charge in [-0.1, -0.05) is 43.5 Å². The highest BCUT2D eigenvalue weighted by Crippen LogP contribution is 2.41. The Hall–Kier alpha value is -2.12. The molecule has 0 unspecified atom stereocenters. The largest absolute Gasteiger partial charge is 0.361 e. The predicted octanol–water partition coefficient (Wildman–Crippen LogP) is 5.76. The molecule has 35 heavy (non-hydrogen) atoms. The summed E-state index contributed by atoms with van der Waals surface area (Å²) in [5, 5.41) is 8.19. The molecule has 1 aromatic heterocycles. The Kier molecular flexibility index (Phi) is 7.63. The van der Waals surface area contributed by atoms with Crippen molar-refractivity contribution in [2.24, 2.45) is 5.92 Å². The first-order valence-corrected chi connectivity index (χ1v) is 14.0. The summed E-state index contributed by atoms with van der Waals surface area (Å²) in [5.74, 6) is 3.28. The average Bonchev–Trinajstić information content (AvgIpc) is 3.56. The van der Waals surface area contributed by atoms with Gasteiger partial charge in [0.2, 0.25) is 5.95 Å². The van der Waals surface area contributed by atoms with Gasteiger partial charge in [0.15, 0.2) is 5.11 Å². The number of piperidine rings is 1. The van der Waals surface area contributed by atoms with Crippen molar-refractivity contribution in [2.45, 2.75) is 63.7 Å². The van der Waals surface area contributed by atoms with Crippen molar-refractivity contribution in [3.05, 3.63) is 40.9 Å². The van der Waals surface area contributed by atoms with E-state index in [9.17, 15) is 0 Å². The fourth-order valence-electron chi connectivity index (χ4n) is 5.98. The van der Waals surface area contributed by atoms with Crippen molar-refractivity contribution < 1.29 is 0 Å². The van der Waals surface area contributed by atoms with E-state index >= 15 is 0 Å². The third kappa shape index (κ3) is 5.83. The molecule has 8 heteroatoms. The van der Waals surface area contributed by atoms with Crippen LogP contribution in [0.5, 0.6) is 0 Å². The normalized spacial score (nSPS) is 21.8. The van der Waals surface area contributed by atoms with Gasteiger partial charge in [0, 0.05) is 49.2 Å². The van der Waals surface area contributed by atoms with Crippen molar-refractivity contribution in [3.8, 4) is 0 Å². The van der Waals surface area contributed by atoms with E-state index < -0.39 is 0 Å². The molecule has 0 spiro atoms. The lowest BCUT2D eigenvalue weighted by molar-refractivity contribution is 0.435. The van der Waals surface area contributed by atoms with Crippen LogP contribution in [0.4, 0.5) is 17.6 Å². The van der Waals surface area contributed by atoms with Gasteiger partial charge in [0.25, 0.3) is 0 Å². The maximum absolute atomic E-state index is 6.33. The molecule has 2 N–H and O–H groups in total. The number of hydrogen-bond donors (Lipinski definition) is 2. The van der Waals surface area contributed by atoms with Gasteiger partial charge in [-0.25, -0.2) is 0 Å². The second-order valence-corrected chi connectivity index (χ2v) is 11.4. The molecule has 3 fully saturated rings. The van der Waals surface area contributed by atoms with Crippen LogP contribution < -0.4 is 20.4 Å². The zero-order valence-electron chi connectivity index (χ0n) is 20.7.